The Morgan fingerprint density at radius 1 is 1.13 bits per heavy atom. The average Bonchev–Trinajstić information content (AvgIpc) is 2.74. The highest BCUT2D eigenvalue weighted by atomic mass is 19.1. The van der Waals surface area contributed by atoms with E-state index in [0.717, 1.165) is 18.5 Å². The van der Waals surface area contributed by atoms with Crippen LogP contribution in [-0.2, 0) is 4.79 Å². The molecule has 0 saturated heterocycles. The number of ketones is 1. The first-order valence-corrected chi connectivity index (χ1v) is 8.53. The molecular formula is C19H21FN2O. The molecule has 4 heteroatoms. The number of rotatable bonds is 1. The van der Waals surface area contributed by atoms with Crippen molar-refractivity contribution in [2.45, 2.75) is 56.5 Å². The number of allylic oxidation sites excluding steroid dienone is 2. The fourth-order valence-corrected chi connectivity index (χ4v) is 4.10. The van der Waals surface area contributed by atoms with Gasteiger partial charge in [0.05, 0.1) is 11.6 Å². The summed E-state index contributed by atoms with van der Waals surface area (Å²) in [6.07, 6.45) is 7.42. The molecule has 0 unspecified atom stereocenters. The van der Waals surface area contributed by atoms with Crippen molar-refractivity contribution in [3.05, 3.63) is 46.9 Å². The Bertz CT molecular complexity index is 694. The zero-order valence-electron chi connectivity index (χ0n) is 13.1. The van der Waals surface area contributed by atoms with Gasteiger partial charge in [-0.15, -0.1) is 0 Å². The molecule has 120 valence electrons. The lowest BCUT2D eigenvalue weighted by molar-refractivity contribution is -0.115. The zero-order chi connectivity index (χ0) is 15.8. The molecule has 1 aliphatic heterocycles. The second-order valence-electron chi connectivity index (χ2n) is 6.82. The maximum Gasteiger partial charge on any atom is 0.166 e. The average molecular weight is 312 g/mol. The minimum atomic E-state index is -0.216. The molecule has 0 amide bonds. The minimum Gasteiger partial charge on any atom is -0.383 e. The monoisotopic (exact) mass is 312 g/mol. The molecule has 0 bridgehead atoms. The van der Waals surface area contributed by atoms with Crippen LogP contribution in [0.2, 0.25) is 0 Å². The van der Waals surface area contributed by atoms with Gasteiger partial charge in [0.25, 0.3) is 0 Å². The fraction of sp³-hybridized carbons (Fsp3) is 0.474. The molecule has 23 heavy (non-hydrogen) atoms. The number of fused-ring (bicyclic) bond motifs is 1. The normalized spacial score (nSPS) is 30.3. The van der Waals surface area contributed by atoms with Gasteiger partial charge in [0.15, 0.2) is 5.78 Å². The van der Waals surface area contributed by atoms with Crippen LogP contribution < -0.4 is 5.32 Å². The highest BCUT2D eigenvalue weighted by Crippen LogP contribution is 2.36. The first-order chi connectivity index (χ1) is 11.2. The standard InChI is InChI=1S/C19H21FN2O/c20-15-6-2-1-5-13(15)12-9-18-14(19(23)10-12)11-21-16-7-3-4-8-17(16)22-18/h1-2,5-6,11-12,16-17,22H,3-4,7-10H2/t12-,16+,17+/m1/s1. The smallest absolute Gasteiger partial charge is 0.166 e. The van der Waals surface area contributed by atoms with E-state index in [1.165, 1.54) is 18.9 Å². The van der Waals surface area contributed by atoms with Crippen molar-refractivity contribution in [1.82, 2.24) is 5.32 Å². The number of Topliss-reactive ketones (excluding diaryl/α,β-unsaturated/α-hetero) is 1. The summed E-state index contributed by atoms with van der Waals surface area (Å²) in [5.74, 6) is -0.218. The summed E-state index contributed by atoms with van der Waals surface area (Å²) in [7, 11) is 0. The number of benzene rings is 1. The van der Waals surface area contributed by atoms with E-state index in [4.69, 9.17) is 0 Å². The van der Waals surface area contributed by atoms with Gasteiger partial charge in [0.2, 0.25) is 0 Å². The molecule has 0 radical (unpaired) electrons. The lowest BCUT2D eigenvalue weighted by Crippen LogP contribution is -2.41. The van der Waals surface area contributed by atoms with Gasteiger partial charge in [-0.05, 0) is 36.8 Å². The molecule has 3 atom stereocenters. The number of hydrogen-bond acceptors (Lipinski definition) is 3. The maximum absolute atomic E-state index is 14.1. The second-order valence-corrected chi connectivity index (χ2v) is 6.82. The zero-order valence-corrected chi connectivity index (χ0v) is 13.1. The Labute approximate surface area is 135 Å². The largest absolute Gasteiger partial charge is 0.383 e. The summed E-state index contributed by atoms with van der Waals surface area (Å²) >= 11 is 0. The summed E-state index contributed by atoms with van der Waals surface area (Å²) in [5.41, 5.74) is 2.33. The van der Waals surface area contributed by atoms with Gasteiger partial charge in [0.1, 0.15) is 5.82 Å². The molecule has 1 aromatic rings. The van der Waals surface area contributed by atoms with E-state index in [2.05, 4.69) is 10.3 Å². The third-order valence-corrected chi connectivity index (χ3v) is 5.34. The molecule has 1 N–H and O–H groups in total. The molecule has 4 rings (SSSR count). The predicted octanol–water partition coefficient (Wildman–Crippen LogP) is 3.51. The number of nitrogens with zero attached hydrogens (tertiary/aromatic N) is 1. The Hall–Kier alpha value is -1.97. The topological polar surface area (TPSA) is 41.5 Å². The van der Waals surface area contributed by atoms with Crippen molar-refractivity contribution in [1.29, 1.82) is 0 Å². The number of carbonyl (C=O) groups excluding carboxylic acids is 1. The van der Waals surface area contributed by atoms with E-state index in [0.29, 0.717) is 30.0 Å². The molecule has 2 aliphatic carbocycles. The second kappa shape index (κ2) is 5.91. The molecule has 0 spiro atoms. The molecule has 1 fully saturated rings. The van der Waals surface area contributed by atoms with E-state index in [9.17, 15) is 9.18 Å². The Kier molecular flexibility index (Phi) is 3.76. The molecule has 3 nitrogen and oxygen atoms in total. The fourth-order valence-electron chi connectivity index (χ4n) is 4.10. The van der Waals surface area contributed by atoms with Crippen molar-refractivity contribution in [3.63, 3.8) is 0 Å². The predicted molar refractivity (Wildman–Crippen MR) is 88.1 cm³/mol. The lowest BCUT2D eigenvalue weighted by Gasteiger charge is -2.32. The summed E-state index contributed by atoms with van der Waals surface area (Å²) < 4.78 is 14.1. The third kappa shape index (κ3) is 2.71. The number of halogens is 1. The van der Waals surface area contributed by atoms with Crippen LogP contribution in [0.3, 0.4) is 0 Å². The Balaban J connectivity index is 1.64. The van der Waals surface area contributed by atoms with Crippen LogP contribution in [0.1, 0.15) is 50.0 Å². The third-order valence-electron chi connectivity index (χ3n) is 5.34. The van der Waals surface area contributed by atoms with Crippen molar-refractivity contribution in [2.75, 3.05) is 0 Å². The molecule has 1 saturated carbocycles. The van der Waals surface area contributed by atoms with Crippen LogP contribution in [0.4, 0.5) is 4.39 Å². The lowest BCUT2D eigenvalue weighted by atomic mass is 9.81. The SMILES string of the molecule is O=C1C[C@H](c2ccccc2F)CC2=C1C=N[C@H]1CCCC[C@@H]1N2. The summed E-state index contributed by atoms with van der Waals surface area (Å²) in [5, 5.41) is 3.58. The number of carbonyl (C=O) groups is 1. The maximum atomic E-state index is 14.1. The van der Waals surface area contributed by atoms with Crippen molar-refractivity contribution < 1.29 is 9.18 Å². The molecular weight excluding hydrogens is 291 g/mol. The quantitative estimate of drug-likeness (QED) is 0.862. The summed E-state index contributed by atoms with van der Waals surface area (Å²) in [6.45, 7) is 0. The van der Waals surface area contributed by atoms with Gasteiger partial charge in [-0.3, -0.25) is 9.79 Å². The van der Waals surface area contributed by atoms with Gasteiger partial charge in [-0.1, -0.05) is 31.0 Å². The van der Waals surface area contributed by atoms with Gasteiger partial charge in [-0.25, -0.2) is 4.39 Å². The van der Waals surface area contributed by atoms with E-state index in [1.807, 2.05) is 6.07 Å². The highest BCUT2D eigenvalue weighted by Gasteiger charge is 2.34. The minimum absolute atomic E-state index is 0.0781. The Morgan fingerprint density at radius 3 is 2.83 bits per heavy atom. The molecule has 1 aromatic carbocycles. The van der Waals surface area contributed by atoms with Crippen LogP contribution in [-0.4, -0.2) is 24.1 Å². The molecule has 1 heterocycles. The van der Waals surface area contributed by atoms with Crippen LogP contribution in [0.5, 0.6) is 0 Å². The number of nitrogens with one attached hydrogen (secondary N) is 1. The van der Waals surface area contributed by atoms with Crippen LogP contribution in [0.15, 0.2) is 40.5 Å². The van der Waals surface area contributed by atoms with Crippen LogP contribution in [0.25, 0.3) is 0 Å². The summed E-state index contributed by atoms with van der Waals surface area (Å²) in [6, 6.07) is 7.40. The van der Waals surface area contributed by atoms with Crippen molar-refractivity contribution in [3.8, 4) is 0 Å². The van der Waals surface area contributed by atoms with E-state index < -0.39 is 0 Å². The first-order valence-electron chi connectivity index (χ1n) is 8.53. The van der Waals surface area contributed by atoms with E-state index in [-0.39, 0.29) is 23.6 Å². The van der Waals surface area contributed by atoms with Crippen molar-refractivity contribution in [2.24, 2.45) is 4.99 Å². The summed E-state index contributed by atoms with van der Waals surface area (Å²) in [4.78, 5) is 17.2. The van der Waals surface area contributed by atoms with E-state index in [1.54, 1.807) is 18.3 Å². The van der Waals surface area contributed by atoms with Gasteiger partial charge >= 0.3 is 0 Å². The number of aliphatic imine (C=N–C) groups is 1. The highest BCUT2D eigenvalue weighted by molar-refractivity contribution is 6.15. The number of hydrogen-bond donors (Lipinski definition) is 1. The van der Waals surface area contributed by atoms with E-state index >= 15 is 0 Å². The molecule has 0 aromatic heterocycles. The molecule has 3 aliphatic rings. The van der Waals surface area contributed by atoms with Gasteiger partial charge < -0.3 is 5.32 Å². The first kappa shape index (κ1) is 14.6. The van der Waals surface area contributed by atoms with Gasteiger partial charge in [0, 0.05) is 24.4 Å². The van der Waals surface area contributed by atoms with Crippen LogP contribution >= 0.6 is 0 Å². The van der Waals surface area contributed by atoms with Crippen LogP contribution in [0, 0.1) is 5.82 Å². The van der Waals surface area contributed by atoms with Gasteiger partial charge in [-0.2, -0.15) is 0 Å². The van der Waals surface area contributed by atoms with Crippen molar-refractivity contribution >= 4 is 12.0 Å². The Morgan fingerprint density at radius 2 is 1.96 bits per heavy atom.